The average molecular weight is 525 g/mol. The lowest BCUT2D eigenvalue weighted by atomic mass is 9.53. The standard InChI is InChI=1S/C33H40N4O2/c38-31(22-37(28-10-11-28)32(39)35-33-17-24-14-25(18-33)16-26(15-24)19-33)36(21-23-6-2-1-3-7-23)13-12-27-20-34-30-9-5-4-8-29(27)30/h1-9,20,24-26,28,34H,10-19,21-22H2,(H,35,39). The summed E-state index contributed by atoms with van der Waals surface area (Å²) in [4.78, 5) is 34.8. The van der Waals surface area contributed by atoms with Crippen molar-refractivity contribution in [3.63, 3.8) is 0 Å². The van der Waals surface area contributed by atoms with Crippen LogP contribution in [0.3, 0.4) is 0 Å². The van der Waals surface area contributed by atoms with Crippen LogP contribution in [0.15, 0.2) is 60.8 Å². The second-order valence-electron chi connectivity index (χ2n) is 12.9. The Kier molecular flexibility index (Phi) is 6.37. The van der Waals surface area contributed by atoms with Crippen LogP contribution in [0.1, 0.15) is 62.5 Å². The molecule has 2 N–H and O–H groups in total. The monoisotopic (exact) mass is 524 g/mol. The maximum Gasteiger partial charge on any atom is 0.318 e. The van der Waals surface area contributed by atoms with Gasteiger partial charge in [0.1, 0.15) is 6.54 Å². The molecule has 3 amide bonds. The first kappa shape index (κ1) is 24.7. The van der Waals surface area contributed by atoms with E-state index in [1.165, 1.54) is 30.2 Å². The number of hydrogen-bond donors (Lipinski definition) is 2. The van der Waals surface area contributed by atoms with Gasteiger partial charge in [-0.1, -0.05) is 48.5 Å². The number of benzene rings is 2. The lowest BCUT2D eigenvalue weighted by Crippen LogP contribution is -2.62. The third-order valence-corrected chi connectivity index (χ3v) is 9.86. The Bertz CT molecular complexity index is 1310. The highest BCUT2D eigenvalue weighted by Crippen LogP contribution is 2.55. The molecule has 6 heteroatoms. The Morgan fingerprint density at radius 2 is 1.56 bits per heavy atom. The normalized spacial score (nSPS) is 27.0. The number of aromatic nitrogens is 1. The van der Waals surface area contributed by atoms with Crippen LogP contribution in [0, 0.1) is 17.8 Å². The average Bonchev–Trinajstić information content (AvgIpc) is 3.68. The molecule has 2 aromatic carbocycles. The molecule has 0 unspecified atom stereocenters. The maximum absolute atomic E-state index is 13.9. The number of para-hydroxylation sites is 1. The SMILES string of the molecule is O=C(CN(C(=O)NC12CC3CC(CC(C3)C1)C2)C1CC1)N(CCc1c[nH]c2ccccc12)Cc1ccccc1. The van der Waals surface area contributed by atoms with Gasteiger partial charge in [0.15, 0.2) is 0 Å². The lowest BCUT2D eigenvalue weighted by molar-refractivity contribution is -0.132. The summed E-state index contributed by atoms with van der Waals surface area (Å²) in [5.41, 5.74) is 3.41. The largest absolute Gasteiger partial charge is 0.361 e. The molecule has 0 saturated heterocycles. The molecule has 3 aromatic rings. The smallest absolute Gasteiger partial charge is 0.318 e. The van der Waals surface area contributed by atoms with E-state index in [2.05, 4.69) is 46.8 Å². The number of amides is 3. The summed E-state index contributed by atoms with van der Waals surface area (Å²) >= 11 is 0. The molecule has 5 saturated carbocycles. The van der Waals surface area contributed by atoms with Crippen molar-refractivity contribution in [2.24, 2.45) is 17.8 Å². The fourth-order valence-corrected chi connectivity index (χ4v) is 8.25. The molecule has 204 valence electrons. The van der Waals surface area contributed by atoms with Gasteiger partial charge in [0.05, 0.1) is 0 Å². The molecule has 39 heavy (non-hydrogen) atoms. The van der Waals surface area contributed by atoms with Gasteiger partial charge in [-0.05, 0) is 92.7 Å². The van der Waals surface area contributed by atoms with Crippen LogP contribution in [0.5, 0.6) is 0 Å². The molecule has 1 heterocycles. The van der Waals surface area contributed by atoms with Crippen molar-refractivity contribution < 1.29 is 9.59 Å². The zero-order chi connectivity index (χ0) is 26.4. The summed E-state index contributed by atoms with van der Waals surface area (Å²) in [7, 11) is 0. The molecule has 4 bridgehead atoms. The predicted molar refractivity (Wildman–Crippen MR) is 153 cm³/mol. The number of H-pyrrole nitrogens is 1. The van der Waals surface area contributed by atoms with Gasteiger partial charge in [0, 0.05) is 41.8 Å². The number of hydrogen-bond acceptors (Lipinski definition) is 2. The van der Waals surface area contributed by atoms with Crippen LogP contribution in [-0.4, -0.2) is 51.4 Å². The number of rotatable bonds is 9. The maximum atomic E-state index is 13.9. The van der Waals surface area contributed by atoms with Gasteiger partial charge in [0.2, 0.25) is 5.91 Å². The van der Waals surface area contributed by atoms with Crippen LogP contribution >= 0.6 is 0 Å². The molecule has 1 aromatic heterocycles. The number of nitrogens with zero attached hydrogens (tertiary/aromatic N) is 2. The molecule has 0 radical (unpaired) electrons. The van der Waals surface area contributed by atoms with Crippen LogP contribution in [0.2, 0.25) is 0 Å². The Morgan fingerprint density at radius 1 is 0.897 bits per heavy atom. The molecule has 5 fully saturated rings. The third-order valence-electron chi connectivity index (χ3n) is 9.86. The van der Waals surface area contributed by atoms with Gasteiger partial charge in [-0.2, -0.15) is 0 Å². The van der Waals surface area contributed by atoms with E-state index in [4.69, 9.17) is 0 Å². The molecular weight excluding hydrogens is 484 g/mol. The molecular formula is C33H40N4O2. The molecule has 5 aliphatic rings. The highest BCUT2D eigenvalue weighted by Gasteiger charge is 2.52. The fourth-order valence-electron chi connectivity index (χ4n) is 8.25. The van der Waals surface area contributed by atoms with E-state index in [-0.39, 0.29) is 30.1 Å². The molecule has 0 spiro atoms. The van der Waals surface area contributed by atoms with Gasteiger partial charge < -0.3 is 20.1 Å². The second kappa shape index (κ2) is 10.0. The first-order chi connectivity index (χ1) is 19.0. The van der Waals surface area contributed by atoms with E-state index >= 15 is 0 Å². The third kappa shape index (κ3) is 5.18. The summed E-state index contributed by atoms with van der Waals surface area (Å²) in [6, 6.07) is 18.7. The van der Waals surface area contributed by atoms with E-state index < -0.39 is 0 Å². The number of fused-ring (bicyclic) bond motifs is 1. The Balaban J connectivity index is 1.06. The first-order valence-corrected chi connectivity index (χ1v) is 15.0. The van der Waals surface area contributed by atoms with E-state index in [0.29, 0.717) is 13.1 Å². The van der Waals surface area contributed by atoms with Gasteiger partial charge in [0.25, 0.3) is 0 Å². The van der Waals surface area contributed by atoms with Crippen molar-refractivity contribution in [2.75, 3.05) is 13.1 Å². The van der Waals surface area contributed by atoms with Crippen LogP contribution in [0.4, 0.5) is 4.79 Å². The Hall–Kier alpha value is -3.28. The molecule has 8 rings (SSSR count). The van der Waals surface area contributed by atoms with Crippen LogP contribution in [-0.2, 0) is 17.8 Å². The zero-order valence-corrected chi connectivity index (χ0v) is 22.8. The number of nitrogens with one attached hydrogen (secondary N) is 2. The van der Waals surface area contributed by atoms with Crippen molar-refractivity contribution in [1.82, 2.24) is 20.1 Å². The van der Waals surface area contributed by atoms with Crippen molar-refractivity contribution in [3.05, 3.63) is 71.9 Å². The van der Waals surface area contributed by atoms with E-state index in [9.17, 15) is 9.59 Å². The quantitative estimate of drug-likeness (QED) is 0.367. The fraction of sp³-hybridized carbons (Fsp3) is 0.515. The molecule has 6 nitrogen and oxygen atoms in total. The molecule has 0 atom stereocenters. The van der Waals surface area contributed by atoms with Gasteiger partial charge in [-0.25, -0.2) is 4.79 Å². The van der Waals surface area contributed by atoms with E-state index in [1.807, 2.05) is 34.1 Å². The summed E-state index contributed by atoms with van der Waals surface area (Å²) < 4.78 is 0. The minimum absolute atomic E-state index is 0.0101. The molecule has 0 aliphatic heterocycles. The Morgan fingerprint density at radius 3 is 2.26 bits per heavy atom. The number of aromatic amines is 1. The summed E-state index contributed by atoms with van der Waals surface area (Å²) in [5, 5.41) is 4.73. The number of carbonyl (C=O) groups is 2. The van der Waals surface area contributed by atoms with Crippen LogP contribution in [0.25, 0.3) is 10.9 Å². The van der Waals surface area contributed by atoms with Crippen molar-refractivity contribution in [1.29, 1.82) is 0 Å². The van der Waals surface area contributed by atoms with E-state index in [0.717, 1.165) is 67.4 Å². The zero-order valence-electron chi connectivity index (χ0n) is 22.8. The van der Waals surface area contributed by atoms with Gasteiger partial charge in [-0.3, -0.25) is 4.79 Å². The highest BCUT2D eigenvalue weighted by molar-refractivity contribution is 5.85. The van der Waals surface area contributed by atoms with E-state index in [1.54, 1.807) is 0 Å². The summed E-state index contributed by atoms with van der Waals surface area (Å²) in [6.07, 6.45) is 12.3. The van der Waals surface area contributed by atoms with Gasteiger partial charge >= 0.3 is 6.03 Å². The minimum atomic E-state index is -0.0406. The lowest BCUT2D eigenvalue weighted by Gasteiger charge is -2.57. The van der Waals surface area contributed by atoms with Crippen molar-refractivity contribution >= 4 is 22.8 Å². The number of carbonyl (C=O) groups excluding carboxylic acids is 2. The van der Waals surface area contributed by atoms with Gasteiger partial charge in [-0.15, -0.1) is 0 Å². The topological polar surface area (TPSA) is 68.4 Å². The summed E-state index contributed by atoms with van der Waals surface area (Å²) in [6.45, 7) is 1.32. The van der Waals surface area contributed by atoms with Crippen LogP contribution < -0.4 is 5.32 Å². The minimum Gasteiger partial charge on any atom is -0.361 e. The van der Waals surface area contributed by atoms with Crippen molar-refractivity contribution in [3.8, 4) is 0 Å². The molecule has 5 aliphatic carbocycles. The summed E-state index contributed by atoms with van der Waals surface area (Å²) in [5.74, 6) is 2.36. The Labute approximate surface area is 231 Å². The highest BCUT2D eigenvalue weighted by atomic mass is 16.2. The van der Waals surface area contributed by atoms with Crippen molar-refractivity contribution in [2.45, 2.75) is 75.9 Å². The number of urea groups is 1. The first-order valence-electron chi connectivity index (χ1n) is 15.0. The second-order valence-corrected chi connectivity index (χ2v) is 12.9. The predicted octanol–water partition coefficient (Wildman–Crippen LogP) is 5.88.